The average molecular weight is 258 g/mol. The maximum absolute atomic E-state index is 5.56. The third-order valence-electron chi connectivity index (χ3n) is 2.29. The molecular weight excluding hydrogens is 246 g/mol. The van der Waals surface area contributed by atoms with Gasteiger partial charge in [0.2, 0.25) is 0 Å². The number of fused-ring (bicyclic) bond motifs is 1. The number of hydrogen-bond donors (Lipinski definition) is 1. The van der Waals surface area contributed by atoms with E-state index in [9.17, 15) is 0 Å². The van der Waals surface area contributed by atoms with E-state index in [0.717, 1.165) is 13.0 Å². The van der Waals surface area contributed by atoms with Crippen molar-refractivity contribution in [3.63, 3.8) is 0 Å². The Kier molecular flexibility index (Phi) is 2.96. The summed E-state index contributed by atoms with van der Waals surface area (Å²) in [6.45, 7) is 0.795. The number of thioether (sulfide) groups is 1. The predicted molar refractivity (Wildman–Crippen MR) is 61.2 cm³/mol. The van der Waals surface area contributed by atoms with Crippen LogP contribution in [0.5, 0.6) is 0 Å². The van der Waals surface area contributed by atoms with Crippen molar-refractivity contribution in [1.29, 1.82) is 0 Å². The van der Waals surface area contributed by atoms with Crippen LogP contribution in [0.15, 0.2) is 27.6 Å². The lowest BCUT2D eigenvalue weighted by Gasteiger charge is -2.04. The van der Waals surface area contributed by atoms with E-state index >= 15 is 0 Å². The fourth-order valence-electron chi connectivity index (χ4n) is 1.64. The first kappa shape index (κ1) is 9.56. The highest BCUT2D eigenvalue weighted by Gasteiger charge is 2.22. The van der Waals surface area contributed by atoms with Gasteiger partial charge in [0.1, 0.15) is 0 Å². The third-order valence-corrected chi connectivity index (χ3v) is 4.41. The number of rotatable bonds is 2. The van der Waals surface area contributed by atoms with Gasteiger partial charge in [-0.05, 0) is 37.1 Å². The molecule has 1 aliphatic heterocycles. The number of nitrogens with two attached hydrogens (primary N) is 1. The fourth-order valence-corrected chi connectivity index (χ4v) is 3.66. The maximum atomic E-state index is 5.56. The van der Waals surface area contributed by atoms with Crippen LogP contribution in [0.3, 0.4) is 0 Å². The van der Waals surface area contributed by atoms with Gasteiger partial charge in [-0.3, -0.25) is 0 Å². The Morgan fingerprint density at radius 1 is 1.54 bits per heavy atom. The molecule has 13 heavy (non-hydrogen) atoms. The molecule has 0 aliphatic carbocycles. The zero-order valence-electron chi connectivity index (χ0n) is 7.29. The van der Waals surface area contributed by atoms with E-state index in [0.29, 0.717) is 5.25 Å². The summed E-state index contributed by atoms with van der Waals surface area (Å²) in [5, 5.41) is 0.693. The summed E-state index contributed by atoms with van der Waals surface area (Å²) in [4.78, 5) is 1.42. The van der Waals surface area contributed by atoms with Crippen LogP contribution in [0.2, 0.25) is 0 Å². The van der Waals surface area contributed by atoms with Crippen molar-refractivity contribution in [1.82, 2.24) is 0 Å². The molecule has 0 radical (unpaired) electrons. The summed E-state index contributed by atoms with van der Waals surface area (Å²) in [6, 6.07) is 6.41. The monoisotopic (exact) mass is 257 g/mol. The minimum absolute atomic E-state index is 0.693. The Morgan fingerprint density at radius 2 is 2.38 bits per heavy atom. The van der Waals surface area contributed by atoms with Crippen LogP contribution in [0.25, 0.3) is 0 Å². The van der Waals surface area contributed by atoms with Gasteiger partial charge in [-0.1, -0.05) is 22.0 Å². The van der Waals surface area contributed by atoms with Gasteiger partial charge in [0, 0.05) is 14.6 Å². The summed E-state index contributed by atoms with van der Waals surface area (Å²) in [5.41, 5.74) is 7.02. The van der Waals surface area contributed by atoms with Crippen molar-refractivity contribution in [3.8, 4) is 0 Å². The summed E-state index contributed by atoms with van der Waals surface area (Å²) in [7, 11) is 0. The normalized spacial score (nSPS) is 20.3. The van der Waals surface area contributed by atoms with Crippen molar-refractivity contribution in [3.05, 3.63) is 28.2 Å². The molecule has 0 aromatic heterocycles. The second-order valence-electron chi connectivity index (χ2n) is 3.24. The lowest BCUT2D eigenvalue weighted by Crippen LogP contribution is -2.09. The smallest absolute Gasteiger partial charge is 0.0218 e. The molecule has 1 aromatic rings. The molecule has 0 saturated carbocycles. The summed E-state index contributed by atoms with van der Waals surface area (Å²) in [6.07, 6.45) is 2.28. The zero-order valence-corrected chi connectivity index (χ0v) is 9.70. The maximum Gasteiger partial charge on any atom is 0.0218 e. The number of hydrogen-bond acceptors (Lipinski definition) is 2. The van der Waals surface area contributed by atoms with Crippen molar-refractivity contribution in [2.45, 2.75) is 23.0 Å². The second-order valence-corrected chi connectivity index (χ2v) is 5.43. The highest BCUT2D eigenvalue weighted by atomic mass is 79.9. The topological polar surface area (TPSA) is 26.0 Å². The quantitative estimate of drug-likeness (QED) is 0.882. The largest absolute Gasteiger partial charge is 0.330 e. The molecule has 2 rings (SSSR count). The molecule has 1 unspecified atom stereocenters. The van der Waals surface area contributed by atoms with Gasteiger partial charge >= 0.3 is 0 Å². The van der Waals surface area contributed by atoms with E-state index in [-0.39, 0.29) is 0 Å². The summed E-state index contributed by atoms with van der Waals surface area (Å²) in [5.74, 6) is 0. The molecular formula is C10H12BrNS. The lowest BCUT2D eigenvalue weighted by atomic mass is 10.1. The van der Waals surface area contributed by atoms with E-state index in [4.69, 9.17) is 5.73 Å². The first-order chi connectivity index (χ1) is 6.31. The van der Waals surface area contributed by atoms with Crippen molar-refractivity contribution < 1.29 is 0 Å². The number of halogens is 1. The Morgan fingerprint density at radius 3 is 3.08 bits per heavy atom. The van der Waals surface area contributed by atoms with Crippen LogP contribution in [0.4, 0.5) is 0 Å². The van der Waals surface area contributed by atoms with Crippen LogP contribution in [-0.4, -0.2) is 11.8 Å². The highest BCUT2D eigenvalue weighted by Crippen LogP contribution is 2.41. The lowest BCUT2D eigenvalue weighted by molar-refractivity contribution is 0.772. The zero-order chi connectivity index (χ0) is 9.26. The second kappa shape index (κ2) is 4.03. The molecule has 1 heterocycles. The van der Waals surface area contributed by atoms with Crippen molar-refractivity contribution in [2.24, 2.45) is 5.73 Å². The van der Waals surface area contributed by atoms with Gasteiger partial charge < -0.3 is 5.73 Å². The van der Waals surface area contributed by atoms with E-state index < -0.39 is 0 Å². The molecule has 1 aliphatic rings. The number of benzene rings is 1. The minimum Gasteiger partial charge on any atom is -0.330 e. The molecule has 3 heteroatoms. The third kappa shape index (κ3) is 1.92. The molecule has 1 aromatic carbocycles. The summed E-state index contributed by atoms with van der Waals surface area (Å²) >= 11 is 5.55. The van der Waals surface area contributed by atoms with Crippen molar-refractivity contribution in [2.75, 3.05) is 6.54 Å². The molecule has 1 nitrogen and oxygen atoms in total. The van der Waals surface area contributed by atoms with Crippen molar-refractivity contribution >= 4 is 27.7 Å². The van der Waals surface area contributed by atoms with Gasteiger partial charge in [-0.15, -0.1) is 11.8 Å². The molecule has 0 fully saturated rings. The van der Waals surface area contributed by atoms with E-state index in [1.807, 2.05) is 11.8 Å². The predicted octanol–water partition coefficient (Wildman–Crippen LogP) is 2.81. The first-order valence-corrected chi connectivity index (χ1v) is 6.12. The molecule has 0 amide bonds. The van der Waals surface area contributed by atoms with Gasteiger partial charge in [0.15, 0.2) is 0 Å². The van der Waals surface area contributed by atoms with E-state index in [2.05, 4.69) is 34.1 Å². The van der Waals surface area contributed by atoms with Gasteiger partial charge in [0.05, 0.1) is 0 Å². The molecule has 2 N–H and O–H groups in total. The standard InChI is InChI=1S/C10H12BrNS/c11-9-2-1-3-10-8(9)6-7(13-10)4-5-12/h1-3,7H,4-6,12H2. The molecule has 0 spiro atoms. The van der Waals surface area contributed by atoms with Crippen LogP contribution in [-0.2, 0) is 6.42 Å². The minimum atomic E-state index is 0.693. The Labute approximate surface area is 91.2 Å². The van der Waals surface area contributed by atoms with E-state index in [1.54, 1.807) is 0 Å². The highest BCUT2D eigenvalue weighted by molar-refractivity contribution is 9.10. The SMILES string of the molecule is NCCC1Cc2c(Br)cccc2S1. The van der Waals surface area contributed by atoms with E-state index in [1.165, 1.54) is 21.4 Å². The fraction of sp³-hybridized carbons (Fsp3) is 0.400. The van der Waals surface area contributed by atoms with Crippen LogP contribution < -0.4 is 5.73 Å². The molecule has 70 valence electrons. The van der Waals surface area contributed by atoms with Gasteiger partial charge in [0.25, 0.3) is 0 Å². The van der Waals surface area contributed by atoms with Gasteiger partial charge in [-0.2, -0.15) is 0 Å². The van der Waals surface area contributed by atoms with Gasteiger partial charge in [-0.25, -0.2) is 0 Å². The Hall–Kier alpha value is 0.01000. The Balaban J connectivity index is 2.20. The first-order valence-electron chi connectivity index (χ1n) is 4.45. The molecule has 0 bridgehead atoms. The van der Waals surface area contributed by atoms with Crippen LogP contribution in [0.1, 0.15) is 12.0 Å². The molecule has 0 saturated heterocycles. The summed E-state index contributed by atoms with van der Waals surface area (Å²) < 4.78 is 1.25. The van der Waals surface area contributed by atoms with Crippen LogP contribution in [0, 0.1) is 0 Å². The average Bonchev–Trinajstić information content (AvgIpc) is 2.49. The molecule has 1 atom stereocenters. The van der Waals surface area contributed by atoms with Crippen LogP contribution >= 0.6 is 27.7 Å². The Bertz CT molecular complexity index is 314.